The molecule has 0 saturated carbocycles. The SMILES string of the molecule is NNC(=O)N(N)c1cccc(Br)c1I. The molecule has 0 saturated heterocycles. The summed E-state index contributed by atoms with van der Waals surface area (Å²) in [4.78, 5) is 11.1. The maximum Gasteiger partial charge on any atom is 0.350 e. The van der Waals surface area contributed by atoms with Gasteiger partial charge in [-0.3, -0.25) is 5.43 Å². The Morgan fingerprint density at radius 1 is 1.57 bits per heavy atom. The highest BCUT2D eigenvalue weighted by molar-refractivity contribution is 14.1. The Labute approximate surface area is 103 Å². The van der Waals surface area contributed by atoms with Crippen LogP contribution in [0.25, 0.3) is 0 Å². The van der Waals surface area contributed by atoms with Crippen molar-refractivity contribution in [1.29, 1.82) is 0 Å². The van der Waals surface area contributed by atoms with E-state index in [1.54, 1.807) is 12.1 Å². The van der Waals surface area contributed by atoms with Gasteiger partial charge >= 0.3 is 6.03 Å². The van der Waals surface area contributed by atoms with Gasteiger partial charge in [0.15, 0.2) is 0 Å². The molecule has 2 amide bonds. The lowest BCUT2D eigenvalue weighted by Gasteiger charge is -2.17. The van der Waals surface area contributed by atoms with Crippen molar-refractivity contribution >= 4 is 50.2 Å². The van der Waals surface area contributed by atoms with Crippen molar-refractivity contribution in [1.82, 2.24) is 5.43 Å². The van der Waals surface area contributed by atoms with Crippen molar-refractivity contribution in [3.63, 3.8) is 0 Å². The third-order valence-corrected chi connectivity index (χ3v) is 4.07. The van der Waals surface area contributed by atoms with Crippen LogP contribution >= 0.6 is 38.5 Å². The number of carbonyl (C=O) groups is 1. The second-order valence-electron chi connectivity index (χ2n) is 2.39. The van der Waals surface area contributed by atoms with Gasteiger partial charge in [0.05, 0.1) is 9.26 Å². The van der Waals surface area contributed by atoms with Crippen LogP contribution in [0.1, 0.15) is 0 Å². The van der Waals surface area contributed by atoms with Crippen molar-refractivity contribution in [3.05, 3.63) is 26.2 Å². The molecule has 0 aliphatic heterocycles. The van der Waals surface area contributed by atoms with Gasteiger partial charge in [0.25, 0.3) is 0 Å². The maximum absolute atomic E-state index is 11.1. The number of hydrogen-bond acceptors (Lipinski definition) is 3. The van der Waals surface area contributed by atoms with E-state index >= 15 is 0 Å². The second-order valence-corrected chi connectivity index (χ2v) is 4.33. The first-order valence-electron chi connectivity index (χ1n) is 3.57. The van der Waals surface area contributed by atoms with E-state index < -0.39 is 6.03 Å². The third-order valence-electron chi connectivity index (χ3n) is 1.53. The van der Waals surface area contributed by atoms with Gasteiger partial charge in [-0.2, -0.15) is 0 Å². The molecule has 0 aliphatic rings. The average Bonchev–Trinajstić information content (AvgIpc) is 2.20. The van der Waals surface area contributed by atoms with Crippen LogP contribution in [0, 0.1) is 3.57 Å². The quantitative estimate of drug-likeness (QED) is 0.301. The summed E-state index contributed by atoms with van der Waals surface area (Å²) < 4.78 is 1.71. The summed E-state index contributed by atoms with van der Waals surface area (Å²) in [6.07, 6.45) is 0. The van der Waals surface area contributed by atoms with E-state index in [9.17, 15) is 4.79 Å². The van der Waals surface area contributed by atoms with Crippen molar-refractivity contribution in [2.24, 2.45) is 11.7 Å². The van der Waals surface area contributed by atoms with Gasteiger partial charge in [0.2, 0.25) is 0 Å². The van der Waals surface area contributed by atoms with E-state index in [2.05, 4.69) is 38.5 Å². The van der Waals surface area contributed by atoms with Crippen molar-refractivity contribution in [2.75, 3.05) is 5.01 Å². The Morgan fingerprint density at radius 2 is 2.21 bits per heavy atom. The van der Waals surface area contributed by atoms with Gasteiger partial charge in [0.1, 0.15) is 0 Å². The number of nitrogens with zero attached hydrogens (tertiary/aromatic N) is 1. The Morgan fingerprint density at radius 3 is 2.79 bits per heavy atom. The number of nitrogens with one attached hydrogen (secondary N) is 1. The van der Waals surface area contributed by atoms with E-state index in [4.69, 9.17) is 11.7 Å². The van der Waals surface area contributed by atoms with Crippen LogP contribution in [0.3, 0.4) is 0 Å². The first-order chi connectivity index (χ1) is 6.57. The number of amides is 2. The number of benzene rings is 1. The smallest absolute Gasteiger partial charge is 0.274 e. The molecule has 14 heavy (non-hydrogen) atoms. The zero-order chi connectivity index (χ0) is 10.7. The minimum absolute atomic E-state index is 0.569. The predicted octanol–water partition coefficient (Wildman–Crippen LogP) is 1.32. The van der Waals surface area contributed by atoms with Crippen molar-refractivity contribution in [2.45, 2.75) is 0 Å². The minimum Gasteiger partial charge on any atom is -0.274 e. The van der Waals surface area contributed by atoms with Crippen LogP contribution < -0.4 is 22.1 Å². The summed E-state index contributed by atoms with van der Waals surface area (Å²) in [7, 11) is 0. The van der Waals surface area contributed by atoms with E-state index in [-0.39, 0.29) is 0 Å². The second kappa shape index (κ2) is 4.91. The number of hydrogen-bond donors (Lipinski definition) is 3. The largest absolute Gasteiger partial charge is 0.350 e. The van der Waals surface area contributed by atoms with Crippen LogP contribution in [0.4, 0.5) is 10.5 Å². The number of halogens is 2. The van der Waals surface area contributed by atoms with Crippen LogP contribution in [0.2, 0.25) is 0 Å². The highest BCUT2D eigenvalue weighted by atomic mass is 127. The molecule has 1 aromatic carbocycles. The molecule has 0 aromatic heterocycles. The number of nitrogens with two attached hydrogens (primary N) is 2. The molecule has 5 nitrogen and oxygen atoms in total. The molecule has 0 bridgehead atoms. The molecule has 1 rings (SSSR count). The number of carbonyl (C=O) groups excluding carboxylic acids is 1. The molecule has 0 heterocycles. The molecular weight excluding hydrogens is 363 g/mol. The molecule has 76 valence electrons. The van der Waals surface area contributed by atoms with Gasteiger partial charge in [-0.25, -0.2) is 21.5 Å². The number of urea groups is 1. The summed E-state index contributed by atoms with van der Waals surface area (Å²) in [6, 6.07) is 4.80. The molecule has 7 heteroatoms. The summed E-state index contributed by atoms with van der Waals surface area (Å²) >= 11 is 5.41. The summed E-state index contributed by atoms with van der Waals surface area (Å²) in [5, 5.41) is 0.951. The fraction of sp³-hybridized carbons (Fsp3) is 0. The van der Waals surface area contributed by atoms with Gasteiger partial charge < -0.3 is 0 Å². The molecular formula is C7H8BrIN4O. The number of hydrazine groups is 2. The van der Waals surface area contributed by atoms with Crippen LogP contribution in [0.15, 0.2) is 22.7 Å². The van der Waals surface area contributed by atoms with Gasteiger partial charge in [-0.15, -0.1) is 0 Å². The molecule has 0 spiro atoms. The molecule has 0 radical (unpaired) electrons. The molecule has 1 aromatic rings. The van der Waals surface area contributed by atoms with Crippen molar-refractivity contribution in [3.8, 4) is 0 Å². The molecule has 0 unspecified atom stereocenters. The fourth-order valence-corrected chi connectivity index (χ4v) is 1.83. The Balaban J connectivity index is 3.07. The van der Waals surface area contributed by atoms with Gasteiger partial charge in [-0.05, 0) is 50.7 Å². The average molecular weight is 371 g/mol. The number of anilines is 1. The lowest BCUT2D eigenvalue weighted by atomic mass is 10.3. The molecule has 0 atom stereocenters. The first kappa shape index (κ1) is 11.7. The highest BCUT2D eigenvalue weighted by Crippen LogP contribution is 2.27. The summed E-state index contributed by atoms with van der Waals surface area (Å²) in [5.41, 5.74) is 2.54. The van der Waals surface area contributed by atoms with E-state index in [1.165, 1.54) is 0 Å². The zero-order valence-corrected chi connectivity index (χ0v) is 10.7. The van der Waals surface area contributed by atoms with Crippen LogP contribution in [-0.2, 0) is 0 Å². The monoisotopic (exact) mass is 370 g/mol. The lowest BCUT2D eigenvalue weighted by Crippen LogP contribution is -2.48. The summed E-state index contributed by atoms with van der Waals surface area (Å²) in [6.45, 7) is 0. The van der Waals surface area contributed by atoms with Gasteiger partial charge in [-0.1, -0.05) is 6.07 Å². The third kappa shape index (κ3) is 2.35. The summed E-state index contributed by atoms with van der Waals surface area (Å²) in [5.74, 6) is 10.5. The molecule has 0 fully saturated rings. The fourth-order valence-electron chi connectivity index (χ4n) is 0.857. The van der Waals surface area contributed by atoms with E-state index in [1.807, 2.05) is 11.5 Å². The van der Waals surface area contributed by atoms with Gasteiger partial charge in [0, 0.05) is 4.47 Å². The van der Waals surface area contributed by atoms with Crippen LogP contribution in [-0.4, -0.2) is 6.03 Å². The topological polar surface area (TPSA) is 84.4 Å². The Bertz CT molecular complexity index is 360. The highest BCUT2D eigenvalue weighted by Gasteiger charge is 2.14. The minimum atomic E-state index is -0.569. The molecule has 0 aliphatic carbocycles. The predicted molar refractivity (Wildman–Crippen MR) is 66.2 cm³/mol. The van der Waals surface area contributed by atoms with Crippen molar-refractivity contribution < 1.29 is 4.79 Å². The van der Waals surface area contributed by atoms with Crippen LogP contribution in [0.5, 0.6) is 0 Å². The zero-order valence-electron chi connectivity index (χ0n) is 7.00. The molecule has 5 N–H and O–H groups in total. The van der Waals surface area contributed by atoms with E-state index in [0.717, 1.165) is 13.1 Å². The maximum atomic E-state index is 11.1. The first-order valence-corrected chi connectivity index (χ1v) is 5.44. The number of rotatable bonds is 1. The lowest BCUT2D eigenvalue weighted by molar-refractivity contribution is 0.246. The Kier molecular flexibility index (Phi) is 4.11. The van der Waals surface area contributed by atoms with E-state index in [0.29, 0.717) is 5.69 Å². The standard InChI is InChI=1S/C7H8BrIN4O/c8-4-2-1-3-5(6(4)9)13(11)7(14)12-10/h1-3H,10-11H2,(H,12,14). The Hall–Kier alpha value is -0.380. The normalized spacial score (nSPS) is 9.71.